The highest BCUT2D eigenvalue weighted by Gasteiger charge is 2.37. The summed E-state index contributed by atoms with van der Waals surface area (Å²) in [6, 6.07) is 1.94. The largest absolute Gasteiger partial charge is 0.491 e. The number of nitrogens with two attached hydrogens (primary N) is 1. The SMILES string of the molecule is CC(C)Oc1ccncc1CCC1(N)CC1. The Morgan fingerprint density at radius 2 is 2.25 bits per heavy atom. The van der Waals surface area contributed by atoms with E-state index < -0.39 is 0 Å². The highest BCUT2D eigenvalue weighted by Crippen LogP contribution is 2.37. The van der Waals surface area contributed by atoms with Crippen molar-refractivity contribution in [2.24, 2.45) is 5.73 Å². The second-order valence-corrected chi connectivity index (χ2v) is 5.01. The summed E-state index contributed by atoms with van der Waals surface area (Å²) in [5.74, 6) is 0.953. The maximum absolute atomic E-state index is 6.08. The molecule has 2 rings (SSSR count). The van der Waals surface area contributed by atoms with Gasteiger partial charge in [-0.1, -0.05) is 0 Å². The van der Waals surface area contributed by atoms with Crippen LogP contribution in [0.1, 0.15) is 38.7 Å². The number of aromatic nitrogens is 1. The molecule has 1 aliphatic rings. The normalized spacial score (nSPS) is 17.5. The Morgan fingerprint density at radius 3 is 2.88 bits per heavy atom. The summed E-state index contributed by atoms with van der Waals surface area (Å²) in [4.78, 5) is 4.15. The number of hydrogen-bond donors (Lipinski definition) is 1. The lowest BCUT2D eigenvalue weighted by atomic mass is 10.1. The molecule has 0 saturated heterocycles. The van der Waals surface area contributed by atoms with Gasteiger partial charge in [0.25, 0.3) is 0 Å². The van der Waals surface area contributed by atoms with Crippen molar-refractivity contribution in [2.75, 3.05) is 0 Å². The summed E-state index contributed by atoms with van der Waals surface area (Å²) in [6.07, 6.45) is 8.19. The van der Waals surface area contributed by atoms with Gasteiger partial charge in [0, 0.05) is 23.5 Å². The van der Waals surface area contributed by atoms with Crippen LogP contribution in [0.5, 0.6) is 5.75 Å². The fourth-order valence-electron chi connectivity index (χ4n) is 1.77. The first kappa shape index (κ1) is 11.4. The van der Waals surface area contributed by atoms with Crippen LogP contribution in [0.2, 0.25) is 0 Å². The van der Waals surface area contributed by atoms with E-state index in [0.29, 0.717) is 0 Å². The van der Waals surface area contributed by atoms with Crippen LogP contribution in [0, 0.1) is 0 Å². The molecule has 88 valence electrons. The van der Waals surface area contributed by atoms with E-state index in [0.717, 1.165) is 31.4 Å². The minimum absolute atomic E-state index is 0.102. The third kappa shape index (κ3) is 2.95. The fraction of sp³-hybridized carbons (Fsp3) is 0.615. The van der Waals surface area contributed by atoms with Gasteiger partial charge in [-0.05, 0) is 45.6 Å². The Morgan fingerprint density at radius 1 is 1.50 bits per heavy atom. The molecule has 1 heterocycles. The van der Waals surface area contributed by atoms with Crippen molar-refractivity contribution >= 4 is 0 Å². The van der Waals surface area contributed by atoms with Gasteiger partial charge in [0.15, 0.2) is 0 Å². The van der Waals surface area contributed by atoms with E-state index in [2.05, 4.69) is 4.98 Å². The molecule has 3 heteroatoms. The second-order valence-electron chi connectivity index (χ2n) is 5.01. The molecule has 0 radical (unpaired) electrons. The first-order valence-electron chi connectivity index (χ1n) is 5.97. The molecule has 3 nitrogen and oxygen atoms in total. The van der Waals surface area contributed by atoms with Gasteiger partial charge in [0.1, 0.15) is 5.75 Å². The van der Waals surface area contributed by atoms with Crippen molar-refractivity contribution in [3.05, 3.63) is 24.0 Å². The standard InChI is InChI=1S/C13H20N2O/c1-10(2)16-12-4-8-15-9-11(12)3-5-13(14)6-7-13/h4,8-10H,3,5-7,14H2,1-2H3. The average molecular weight is 220 g/mol. The molecule has 2 N–H and O–H groups in total. The van der Waals surface area contributed by atoms with Gasteiger partial charge in [0.05, 0.1) is 6.10 Å². The first-order valence-corrected chi connectivity index (χ1v) is 5.97. The lowest BCUT2D eigenvalue weighted by Gasteiger charge is -2.15. The van der Waals surface area contributed by atoms with Gasteiger partial charge in [-0.25, -0.2) is 0 Å². The Hall–Kier alpha value is -1.09. The van der Waals surface area contributed by atoms with E-state index in [1.165, 1.54) is 5.56 Å². The van der Waals surface area contributed by atoms with Crippen LogP contribution in [-0.2, 0) is 6.42 Å². The van der Waals surface area contributed by atoms with Gasteiger partial charge >= 0.3 is 0 Å². The van der Waals surface area contributed by atoms with E-state index in [4.69, 9.17) is 10.5 Å². The average Bonchev–Trinajstić information content (AvgIpc) is 2.95. The second kappa shape index (κ2) is 4.42. The minimum Gasteiger partial charge on any atom is -0.491 e. The van der Waals surface area contributed by atoms with Gasteiger partial charge in [-0.2, -0.15) is 0 Å². The topological polar surface area (TPSA) is 48.1 Å². The molecule has 1 saturated carbocycles. The number of ether oxygens (including phenoxy) is 1. The Balaban J connectivity index is 2.01. The number of aryl methyl sites for hydroxylation is 1. The van der Waals surface area contributed by atoms with E-state index in [1.807, 2.05) is 26.1 Å². The summed E-state index contributed by atoms with van der Waals surface area (Å²) in [5, 5.41) is 0. The van der Waals surface area contributed by atoms with Crippen LogP contribution in [-0.4, -0.2) is 16.6 Å². The van der Waals surface area contributed by atoms with E-state index in [-0.39, 0.29) is 11.6 Å². The maximum Gasteiger partial charge on any atom is 0.125 e. The lowest BCUT2D eigenvalue weighted by molar-refractivity contribution is 0.239. The third-order valence-electron chi connectivity index (χ3n) is 3.01. The molecule has 16 heavy (non-hydrogen) atoms. The molecule has 0 unspecified atom stereocenters. The van der Waals surface area contributed by atoms with Crippen molar-refractivity contribution in [3.63, 3.8) is 0 Å². The summed E-state index contributed by atoms with van der Waals surface area (Å²) in [7, 11) is 0. The van der Waals surface area contributed by atoms with Crippen LogP contribution >= 0.6 is 0 Å². The van der Waals surface area contributed by atoms with E-state index in [9.17, 15) is 0 Å². The lowest BCUT2D eigenvalue weighted by Crippen LogP contribution is -2.22. The molecular weight excluding hydrogens is 200 g/mol. The number of hydrogen-bond acceptors (Lipinski definition) is 3. The van der Waals surface area contributed by atoms with Crippen LogP contribution < -0.4 is 10.5 Å². The predicted octanol–water partition coefficient (Wildman–Crippen LogP) is 2.29. The fourth-order valence-corrected chi connectivity index (χ4v) is 1.77. The Kier molecular flexibility index (Phi) is 3.15. The van der Waals surface area contributed by atoms with E-state index in [1.54, 1.807) is 6.20 Å². The molecule has 0 aromatic carbocycles. The highest BCUT2D eigenvalue weighted by atomic mass is 16.5. The van der Waals surface area contributed by atoms with Crippen molar-refractivity contribution < 1.29 is 4.74 Å². The zero-order valence-electron chi connectivity index (χ0n) is 10.1. The molecule has 1 fully saturated rings. The van der Waals surface area contributed by atoms with Crippen molar-refractivity contribution in [3.8, 4) is 5.75 Å². The number of rotatable bonds is 5. The first-order chi connectivity index (χ1) is 7.59. The Bertz CT molecular complexity index is 359. The summed E-state index contributed by atoms with van der Waals surface area (Å²) in [5.41, 5.74) is 7.36. The van der Waals surface area contributed by atoms with Crippen molar-refractivity contribution in [2.45, 2.75) is 51.2 Å². The highest BCUT2D eigenvalue weighted by molar-refractivity contribution is 5.30. The number of pyridine rings is 1. The van der Waals surface area contributed by atoms with Crippen molar-refractivity contribution in [1.82, 2.24) is 4.98 Å². The summed E-state index contributed by atoms with van der Waals surface area (Å²) < 4.78 is 5.75. The van der Waals surface area contributed by atoms with E-state index >= 15 is 0 Å². The van der Waals surface area contributed by atoms with Crippen LogP contribution in [0.25, 0.3) is 0 Å². The maximum atomic E-state index is 6.08. The quantitative estimate of drug-likeness (QED) is 0.828. The van der Waals surface area contributed by atoms with Gasteiger partial charge in [-0.3, -0.25) is 4.98 Å². The molecule has 0 amide bonds. The molecule has 0 spiro atoms. The molecule has 1 aliphatic carbocycles. The van der Waals surface area contributed by atoms with Gasteiger partial charge in [0.2, 0.25) is 0 Å². The van der Waals surface area contributed by atoms with Gasteiger partial charge in [-0.15, -0.1) is 0 Å². The molecule has 0 aliphatic heterocycles. The molecule has 1 aromatic heterocycles. The monoisotopic (exact) mass is 220 g/mol. The molecule has 0 bridgehead atoms. The Labute approximate surface area is 97.0 Å². The molecule has 1 aromatic rings. The zero-order valence-corrected chi connectivity index (χ0v) is 10.1. The zero-order chi connectivity index (χ0) is 11.6. The summed E-state index contributed by atoms with van der Waals surface area (Å²) >= 11 is 0. The molecular formula is C13H20N2O. The number of nitrogens with zero attached hydrogens (tertiary/aromatic N) is 1. The smallest absolute Gasteiger partial charge is 0.125 e. The minimum atomic E-state index is 0.102. The van der Waals surface area contributed by atoms with Crippen LogP contribution in [0.15, 0.2) is 18.5 Å². The third-order valence-corrected chi connectivity index (χ3v) is 3.01. The molecule has 0 atom stereocenters. The van der Waals surface area contributed by atoms with Crippen LogP contribution in [0.4, 0.5) is 0 Å². The van der Waals surface area contributed by atoms with Crippen LogP contribution in [0.3, 0.4) is 0 Å². The van der Waals surface area contributed by atoms with Crippen molar-refractivity contribution in [1.29, 1.82) is 0 Å². The van der Waals surface area contributed by atoms with Gasteiger partial charge < -0.3 is 10.5 Å². The summed E-state index contributed by atoms with van der Waals surface area (Å²) in [6.45, 7) is 4.07. The predicted molar refractivity (Wildman–Crippen MR) is 64.5 cm³/mol.